The number of imidazole rings is 1. The van der Waals surface area contributed by atoms with E-state index in [1.807, 2.05) is 32.9 Å². The summed E-state index contributed by atoms with van der Waals surface area (Å²) in [5.74, 6) is 0.499. The molecule has 2 aromatic rings. The van der Waals surface area contributed by atoms with E-state index in [2.05, 4.69) is 15.3 Å². The van der Waals surface area contributed by atoms with E-state index >= 15 is 0 Å². The summed E-state index contributed by atoms with van der Waals surface area (Å²) in [6, 6.07) is 5.49. The van der Waals surface area contributed by atoms with Gasteiger partial charge >= 0.3 is 0 Å². The lowest BCUT2D eigenvalue weighted by Crippen LogP contribution is -2.43. The summed E-state index contributed by atoms with van der Waals surface area (Å²) < 4.78 is 0. The fraction of sp³-hybridized carbons (Fsp3) is 0.500. The minimum atomic E-state index is -0.277. The van der Waals surface area contributed by atoms with Crippen molar-refractivity contribution < 1.29 is 9.59 Å². The van der Waals surface area contributed by atoms with Crippen LogP contribution in [0, 0.1) is 5.92 Å². The van der Waals surface area contributed by atoms with Crippen molar-refractivity contribution in [3.05, 3.63) is 29.0 Å². The summed E-state index contributed by atoms with van der Waals surface area (Å²) in [6.45, 7) is 6.92. The molecule has 1 fully saturated rings. The van der Waals surface area contributed by atoms with E-state index in [1.54, 1.807) is 11.0 Å². The Morgan fingerprint density at radius 1 is 1.44 bits per heavy atom. The van der Waals surface area contributed by atoms with Crippen molar-refractivity contribution in [3.8, 4) is 0 Å². The zero-order valence-electron chi connectivity index (χ0n) is 14.7. The highest BCUT2D eigenvalue weighted by atomic mass is 35.5. The largest absolute Gasteiger partial charge is 0.355 e. The lowest BCUT2D eigenvalue weighted by Gasteiger charge is -2.31. The molecule has 1 saturated heterocycles. The highest BCUT2D eigenvalue weighted by molar-refractivity contribution is 6.31. The Bertz CT molecular complexity index is 809. The van der Waals surface area contributed by atoms with Crippen molar-refractivity contribution in [2.75, 3.05) is 13.1 Å². The summed E-state index contributed by atoms with van der Waals surface area (Å²) in [7, 11) is 0. The molecule has 0 unspecified atom stereocenters. The monoisotopic (exact) mass is 362 g/mol. The predicted octanol–water partition coefficient (Wildman–Crippen LogP) is 2.52. The van der Waals surface area contributed by atoms with Crippen LogP contribution in [0.3, 0.4) is 0 Å². The van der Waals surface area contributed by atoms with E-state index in [4.69, 9.17) is 11.6 Å². The number of hydrogen-bond donors (Lipinski definition) is 2. The van der Waals surface area contributed by atoms with Crippen LogP contribution in [0.25, 0.3) is 11.0 Å². The van der Waals surface area contributed by atoms with Crippen LogP contribution in [0.4, 0.5) is 0 Å². The quantitative estimate of drug-likeness (QED) is 0.877. The van der Waals surface area contributed by atoms with Crippen molar-refractivity contribution in [3.63, 3.8) is 0 Å². The standard InChI is InChI=1S/C18H23ClN4O2/c1-18(2,3)23-10-11(8-16(23)24)17(25)20-7-6-15-21-13-5-4-12(19)9-14(13)22-15/h4-5,9,11H,6-8,10H2,1-3H3,(H,20,25)(H,21,22)/t11-/m0/s1. The molecule has 0 spiro atoms. The number of halogens is 1. The molecule has 1 aromatic heterocycles. The summed E-state index contributed by atoms with van der Waals surface area (Å²) >= 11 is 5.97. The molecule has 0 aliphatic carbocycles. The van der Waals surface area contributed by atoms with Crippen LogP contribution >= 0.6 is 11.6 Å². The number of hydrogen-bond acceptors (Lipinski definition) is 3. The predicted molar refractivity (Wildman–Crippen MR) is 97.4 cm³/mol. The SMILES string of the molecule is CC(C)(C)N1C[C@@H](C(=O)NCCc2nc3ccc(Cl)cc3[nH]2)CC1=O. The van der Waals surface area contributed by atoms with Crippen LogP contribution in [0.1, 0.15) is 33.0 Å². The molecule has 2 heterocycles. The molecule has 1 aliphatic heterocycles. The van der Waals surface area contributed by atoms with Gasteiger partial charge in [0.05, 0.1) is 17.0 Å². The molecular weight excluding hydrogens is 340 g/mol. The van der Waals surface area contributed by atoms with Gasteiger partial charge in [-0.15, -0.1) is 0 Å². The molecule has 7 heteroatoms. The number of rotatable bonds is 4. The van der Waals surface area contributed by atoms with Gasteiger partial charge in [0.25, 0.3) is 0 Å². The van der Waals surface area contributed by atoms with Gasteiger partial charge < -0.3 is 15.2 Å². The smallest absolute Gasteiger partial charge is 0.225 e. The minimum absolute atomic E-state index is 0.0433. The first-order valence-corrected chi connectivity index (χ1v) is 8.84. The topological polar surface area (TPSA) is 78.1 Å². The first-order valence-electron chi connectivity index (χ1n) is 8.46. The molecule has 2 N–H and O–H groups in total. The second kappa shape index (κ2) is 6.67. The van der Waals surface area contributed by atoms with E-state index in [9.17, 15) is 9.59 Å². The Morgan fingerprint density at radius 3 is 2.88 bits per heavy atom. The number of carbonyl (C=O) groups is 2. The fourth-order valence-electron chi connectivity index (χ4n) is 3.13. The highest BCUT2D eigenvalue weighted by Crippen LogP contribution is 2.25. The molecule has 1 aliphatic rings. The molecule has 0 saturated carbocycles. The van der Waals surface area contributed by atoms with E-state index < -0.39 is 0 Å². The summed E-state index contributed by atoms with van der Waals surface area (Å²) in [5, 5.41) is 3.58. The van der Waals surface area contributed by atoms with Gasteiger partial charge in [-0.1, -0.05) is 11.6 Å². The van der Waals surface area contributed by atoms with Crippen molar-refractivity contribution >= 4 is 34.4 Å². The maximum atomic E-state index is 12.3. The van der Waals surface area contributed by atoms with Crippen LogP contribution < -0.4 is 5.32 Å². The van der Waals surface area contributed by atoms with Crippen molar-refractivity contribution in [1.82, 2.24) is 20.2 Å². The van der Waals surface area contributed by atoms with Gasteiger partial charge in [0.15, 0.2) is 0 Å². The first kappa shape index (κ1) is 17.7. The third-order valence-corrected chi connectivity index (χ3v) is 4.69. The van der Waals surface area contributed by atoms with Crippen molar-refractivity contribution in [2.45, 2.75) is 39.2 Å². The number of nitrogens with zero attached hydrogens (tertiary/aromatic N) is 2. The summed E-state index contributed by atoms with van der Waals surface area (Å²) in [4.78, 5) is 33.9. The van der Waals surface area contributed by atoms with Crippen LogP contribution in [0.15, 0.2) is 18.2 Å². The Labute approximate surface area is 151 Å². The highest BCUT2D eigenvalue weighted by Gasteiger charge is 2.39. The normalized spacial score (nSPS) is 18.2. The van der Waals surface area contributed by atoms with Gasteiger partial charge in [0.1, 0.15) is 5.82 Å². The molecule has 0 radical (unpaired) electrons. The average molecular weight is 363 g/mol. The molecule has 25 heavy (non-hydrogen) atoms. The number of H-pyrrole nitrogens is 1. The number of aromatic amines is 1. The molecular formula is C18H23ClN4O2. The zero-order valence-corrected chi connectivity index (χ0v) is 15.5. The number of amides is 2. The Morgan fingerprint density at radius 2 is 2.20 bits per heavy atom. The number of nitrogens with one attached hydrogen (secondary N) is 2. The van der Waals surface area contributed by atoms with Gasteiger partial charge in [-0.25, -0.2) is 4.98 Å². The lowest BCUT2D eigenvalue weighted by atomic mass is 10.1. The van der Waals surface area contributed by atoms with Gasteiger partial charge in [-0.05, 0) is 39.0 Å². The maximum absolute atomic E-state index is 12.3. The van der Waals surface area contributed by atoms with Crippen LogP contribution in [-0.2, 0) is 16.0 Å². The minimum Gasteiger partial charge on any atom is -0.355 e. The summed E-state index contributed by atoms with van der Waals surface area (Å²) in [5.41, 5.74) is 1.49. The van der Waals surface area contributed by atoms with Gasteiger partial charge in [0.2, 0.25) is 11.8 Å². The second-order valence-electron chi connectivity index (χ2n) is 7.46. The molecule has 1 aromatic carbocycles. The van der Waals surface area contributed by atoms with Crippen LogP contribution in [-0.4, -0.2) is 45.3 Å². The van der Waals surface area contributed by atoms with Gasteiger partial charge in [0, 0.05) is 36.5 Å². The van der Waals surface area contributed by atoms with E-state index in [1.165, 1.54) is 0 Å². The Balaban J connectivity index is 1.53. The molecule has 6 nitrogen and oxygen atoms in total. The number of aromatic nitrogens is 2. The third-order valence-electron chi connectivity index (χ3n) is 4.46. The van der Waals surface area contributed by atoms with Gasteiger partial charge in [-0.3, -0.25) is 9.59 Å². The maximum Gasteiger partial charge on any atom is 0.225 e. The van der Waals surface area contributed by atoms with E-state index in [0.29, 0.717) is 24.5 Å². The Hall–Kier alpha value is -2.08. The average Bonchev–Trinajstić information content (AvgIpc) is 3.09. The van der Waals surface area contributed by atoms with E-state index in [-0.39, 0.29) is 29.7 Å². The molecule has 134 valence electrons. The number of benzene rings is 1. The van der Waals surface area contributed by atoms with Gasteiger partial charge in [-0.2, -0.15) is 0 Å². The molecule has 3 rings (SSSR count). The van der Waals surface area contributed by atoms with E-state index in [0.717, 1.165) is 16.9 Å². The molecule has 2 amide bonds. The number of fused-ring (bicyclic) bond motifs is 1. The summed E-state index contributed by atoms with van der Waals surface area (Å²) in [6.07, 6.45) is 0.883. The number of carbonyl (C=O) groups excluding carboxylic acids is 2. The molecule has 1 atom stereocenters. The van der Waals surface area contributed by atoms with Crippen LogP contribution in [0.2, 0.25) is 5.02 Å². The molecule has 0 bridgehead atoms. The third kappa shape index (κ3) is 3.95. The van der Waals surface area contributed by atoms with Crippen molar-refractivity contribution in [2.24, 2.45) is 5.92 Å². The second-order valence-corrected chi connectivity index (χ2v) is 7.90. The first-order chi connectivity index (χ1) is 11.7. The number of likely N-dealkylation sites (tertiary alicyclic amines) is 1. The lowest BCUT2D eigenvalue weighted by molar-refractivity contribution is -0.132. The Kier molecular flexibility index (Phi) is 4.73. The van der Waals surface area contributed by atoms with Crippen LogP contribution in [0.5, 0.6) is 0 Å². The zero-order chi connectivity index (χ0) is 18.2. The fourth-order valence-corrected chi connectivity index (χ4v) is 3.30. The van der Waals surface area contributed by atoms with Crippen molar-refractivity contribution in [1.29, 1.82) is 0 Å².